The van der Waals surface area contributed by atoms with Crippen molar-refractivity contribution in [2.24, 2.45) is 11.7 Å². The van der Waals surface area contributed by atoms with Crippen LogP contribution in [0.25, 0.3) is 16.7 Å². The minimum atomic E-state index is -0.722. The first-order valence-corrected chi connectivity index (χ1v) is 8.76. The summed E-state index contributed by atoms with van der Waals surface area (Å²) in [6.07, 6.45) is 2.52. The monoisotopic (exact) mass is 384 g/mol. The lowest BCUT2D eigenvalue weighted by Gasteiger charge is -2.30. The van der Waals surface area contributed by atoms with E-state index in [0.29, 0.717) is 31.9 Å². The zero-order valence-electron chi connectivity index (χ0n) is 14.8. The summed E-state index contributed by atoms with van der Waals surface area (Å²) in [5, 5.41) is 0.111. The van der Waals surface area contributed by atoms with Crippen molar-refractivity contribution in [3.8, 4) is 5.69 Å². The number of nitrogens with zero attached hydrogens (tertiary/aromatic N) is 4. The number of hydrogen-bond acceptors (Lipinski definition) is 6. The third-order valence-corrected chi connectivity index (χ3v) is 4.88. The molecule has 0 aliphatic carbocycles. The number of anilines is 1. The van der Waals surface area contributed by atoms with Gasteiger partial charge in [0.2, 0.25) is 11.9 Å². The molecule has 144 valence electrons. The molecule has 1 aliphatic heterocycles. The number of primary amides is 1. The van der Waals surface area contributed by atoms with E-state index in [9.17, 15) is 18.8 Å². The number of piperidine rings is 1. The molecule has 1 amide bonds. The molecule has 28 heavy (non-hydrogen) atoms. The molecule has 0 spiro atoms. The number of benzene rings is 1. The lowest BCUT2D eigenvalue weighted by Crippen LogP contribution is -2.39. The van der Waals surface area contributed by atoms with Gasteiger partial charge in [-0.2, -0.15) is 4.98 Å². The minimum absolute atomic E-state index is 0.102. The predicted octanol–water partition coefficient (Wildman–Crippen LogP) is 0.310. The van der Waals surface area contributed by atoms with Crippen molar-refractivity contribution < 1.29 is 9.18 Å². The molecular formula is C18H17FN6O3. The molecule has 0 unspecified atom stereocenters. The molecular weight excluding hydrogens is 367 g/mol. The summed E-state index contributed by atoms with van der Waals surface area (Å²) in [7, 11) is 0. The molecule has 0 atom stereocenters. The average Bonchev–Trinajstić information content (AvgIpc) is 2.67. The van der Waals surface area contributed by atoms with Gasteiger partial charge in [0.05, 0.1) is 5.69 Å². The fraction of sp³-hybridized carbons (Fsp3) is 0.278. The molecule has 1 aromatic carbocycles. The van der Waals surface area contributed by atoms with Crippen LogP contribution in [-0.4, -0.2) is 38.5 Å². The molecule has 1 saturated heterocycles. The van der Waals surface area contributed by atoms with Crippen molar-refractivity contribution >= 4 is 22.9 Å². The van der Waals surface area contributed by atoms with E-state index in [-0.39, 0.29) is 28.5 Å². The van der Waals surface area contributed by atoms with Gasteiger partial charge in [0, 0.05) is 25.2 Å². The van der Waals surface area contributed by atoms with Gasteiger partial charge in [0.1, 0.15) is 11.2 Å². The summed E-state index contributed by atoms with van der Waals surface area (Å²) in [6.45, 7) is 1.09. The van der Waals surface area contributed by atoms with Crippen LogP contribution in [0.3, 0.4) is 0 Å². The summed E-state index contributed by atoms with van der Waals surface area (Å²) >= 11 is 0. The van der Waals surface area contributed by atoms with Crippen LogP contribution in [0.4, 0.5) is 10.3 Å². The van der Waals surface area contributed by atoms with Gasteiger partial charge in [0.15, 0.2) is 5.65 Å². The van der Waals surface area contributed by atoms with Gasteiger partial charge < -0.3 is 10.6 Å². The summed E-state index contributed by atoms with van der Waals surface area (Å²) in [5.74, 6) is -0.694. The van der Waals surface area contributed by atoms with Gasteiger partial charge in [-0.1, -0.05) is 6.07 Å². The number of carbonyl (C=O) groups is 1. The van der Waals surface area contributed by atoms with E-state index in [1.54, 1.807) is 0 Å². The maximum Gasteiger partial charge on any atom is 0.334 e. The Morgan fingerprint density at radius 2 is 2.00 bits per heavy atom. The topological polar surface area (TPSA) is 127 Å². The zero-order chi connectivity index (χ0) is 19.8. The van der Waals surface area contributed by atoms with Gasteiger partial charge in [0.25, 0.3) is 5.56 Å². The van der Waals surface area contributed by atoms with E-state index in [0.717, 1.165) is 10.6 Å². The van der Waals surface area contributed by atoms with Crippen molar-refractivity contribution in [3.05, 3.63) is 57.1 Å². The van der Waals surface area contributed by atoms with Crippen LogP contribution in [0.5, 0.6) is 0 Å². The van der Waals surface area contributed by atoms with Crippen LogP contribution in [0.2, 0.25) is 0 Å². The molecule has 2 aromatic heterocycles. The number of nitrogens with one attached hydrogen (secondary N) is 1. The molecule has 0 bridgehead atoms. The summed E-state index contributed by atoms with van der Waals surface area (Å²) in [6, 6.07) is 5.20. The Hall–Kier alpha value is -3.56. The SMILES string of the molecule is NC(=O)C1CCN(c2ncc3c(=O)n(-c4cccc(F)c4)c(=O)[nH]c3n2)CC1. The molecule has 1 fully saturated rings. The predicted molar refractivity (Wildman–Crippen MR) is 99.8 cm³/mol. The van der Waals surface area contributed by atoms with Crippen LogP contribution < -0.4 is 21.9 Å². The first-order chi connectivity index (χ1) is 13.4. The van der Waals surface area contributed by atoms with Crippen molar-refractivity contribution in [2.45, 2.75) is 12.8 Å². The number of nitrogens with two attached hydrogens (primary N) is 1. The van der Waals surface area contributed by atoms with Gasteiger partial charge in [-0.15, -0.1) is 0 Å². The Balaban J connectivity index is 1.72. The number of hydrogen-bond donors (Lipinski definition) is 2. The molecule has 9 nitrogen and oxygen atoms in total. The number of carbonyl (C=O) groups excluding carboxylic acids is 1. The van der Waals surface area contributed by atoms with Crippen molar-refractivity contribution in [1.82, 2.24) is 19.5 Å². The average molecular weight is 384 g/mol. The van der Waals surface area contributed by atoms with Crippen molar-refractivity contribution in [2.75, 3.05) is 18.0 Å². The van der Waals surface area contributed by atoms with E-state index in [1.807, 2.05) is 4.90 Å². The standard InChI is InChI=1S/C18H17FN6O3/c19-11-2-1-3-12(8-11)25-16(27)13-9-21-17(22-15(13)23-18(25)28)24-6-4-10(5-7-24)14(20)26/h1-3,8-10H,4-7H2,(H2,20,26)(H,21,22,23,28). The third-order valence-electron chi connectivity index (χ3n) is 4.88. The Kier molecular flexibility index (Phi) is 4.38. The number of halogens is 1. The maximum absolute atomic E-state index is 13.5. The summed E-state index contributed by atoms with van der Waals surface area (Å²) in [4.78, 5) is 49.4. The molecule has 4 rings (SSSR count). The second kappa shape index (κ2) is 6.87. The quantitative estimate of drug-likeness (QED) is 0.669. The fourth-order valence-electron chi connectivity index (χ4n) is 3.36. The highest BCUT2D eigenvalue weighted by Gasteiger charge is 2.25. The molecule has 10 heteroatoms. The highest BCUT2D eigenvalue weighted by molar-refractivity contribution is 5.77. The molecule has 0 saturated carbocycles. The van der Waals surface area contributed by atoms with Gasteiger partial charge >= 0.3 is 5.69 Å². The smallest absolute Gasteiger partial charge is 0.334 e. The van der Waals surface area contributed by atoms with Crippen LogP contribution in [0, 0.1) is 11.7 Å². The Bertz CT molecular complexity index is 1180. The second-order valence-electron chi connectivity index (χ2n) is 6.65. The van der Waals surface area contributed by atoms with E-state index < -0.39 is 17.1 Å². The van der Waals surface area contributed by atoms with Crippen molar-refractivity contribution in [1.29, 1.82) is 0 Å². The van der Waals surface area contributed by atoms with Gasteiger partial charge in [-0.25, -0.2) is 18.7 Å². The highest BCUT2D eigenvalue weighted by Crippen LogP contribution is 2.21. The lowest BCUT2D eigenvalue weighted by atomic mass is 9.96. The van der Waals surface area contributed by atoms with E-state index in [2.05, 4.69) is 15.0 Å². The normalized spacial score (nSPS) is 15.1. The molecule has 1 aliphatic rings. The van der Waals surface area contributed by atoms with Crippen molar-refractivity contribution in [3.63, 3.8) is 0 Å². The van der Waals surface area contributed by atoms with E-state index in [1.165, 1.54) is 24.4 Å². The number of aromatic amines is 1. The zero-order valence-corrected chi connectivity index (χ0v) is 14.8. The molecule has 0 radical (unpaired) electrons. The van der Waals surface area contributed by atoms with Crippen LogP contribution in [-0.2, 0) is 4.79 Å². The molecule has 3 heterocycles. The van der Waals surface area contributed by atoms with Gasteiger partial charge in [-0.3, -0.25) is 14.6 Å². The minimum Gasteiger partial charge on any atom is -0.369 e. The Morgan fingerprint density at radius 3 is 2.68 bits per heavy atom. The van der Waals surface area contributed by atoms with E-state index >= 15 is 0 Å². The molecule has 3 aromatic rings. The first kappa shape index (κ1) is 17.8. The Labute approximate surface area is 157 Å². The summed E-state index contributed by atoms with van der Waals surface area (Å²) < 4.78 is 14.3. The highest BCUT2D eigenvalue weighted by atomic mass is 19.1. The van der Waals surface area contributed by atoms with Gasteiger partial charge in [-0.05, 0) is 31.0 Å². The molecule has 3 N–H and O–H groups in total. The fourth-order valence-corrected chi connectivity index (χ4v) is 3.36. The largest absolute Gasteiger partial charge is 0.369 e. The number of rotatable bonds is 3. The number of amides is 1. The number of aromatic nitrogens is 4. The number of fused-ring (bicyclic) bond motifs is 1. The second-order valence-corrected chi connectivity index (χ2v) is 6.65. The third kappa shape index (κ3) is 3.13. The maximum atomic E-state index is 13.5. The summed E-state index contributed by atoms with van der Waals surface area (Å²) in [5.41, 5.74) is 4.20. The first-order valence-electron chi connectivity index (χ1n) is 8.76. The number of H-pyrrole nitrogens is 1. The van der Waals surface area contributed by atoms with Crippen LogP contribution in [0.15, 0.2) is 40.1 Å². The Morgan fingerprint density at radius 1 is 1.25 bits per heavy atom. The van der Waals surface area contributed by atoms with Crippen LogP contribution in [0.1, 0.15) is 12.8 Å². The lowest BCUT2D eigenvalue weighted by molar-refractivity contribution is -0.122. The van der Waals surface area contributed by atoms with E-state index in [4.69, 9.17) is 5.73 Å². The van der Waals surface area contributed by atoms with Crippen LogP contribution >= 0.6 is 0 Å².